The van der Waals surface area contributed by atoms with Gasteiger partial charge in [-0.05, 0) is 48.0 Å². The van der Waals surface area contributed by atoms with Gasteiger partial charge in [-0.1, -0.05) is 53.5 Å². The van der Waals surface area contributed by atoms with Gasteiger partial charge in [-0.25, -0.2) is 0 Å². The summed E-state index contributed by atoms with van der Waals surface area (Å²) in [6.45, 7) is 0.436. The molecular formula is C20H16Cl2N2O. The maximum absolute atomic E-state index is 6.10. The number of nitrogens with one attached hydrogen (secondary N) is 1. The Morgan fingerprint density at radius 1 is 0.880 bits per heavy atom. The van der Waals surface area contributed by atoms with Crippen molar-refractivity contribution in [1.82, 2.24) is 0 Å². The van der Waals surface area contributed by atoms with E-state index in [0.29, 0.717) is 22.4 Å². The van der Waals surface area contributed by atoms with Gasteiger partial charge in [-0.3, -0.25) is 5.43 Å². The second-order valence-electron chi connectivity index (χ2n) is 5.33. The third kappa shape index (κ3) is 5.24. The lowest BCUT2D eigenvalue weighted by Crippen LogP contribution is -1.99. The van der Waals surface area contributed by atoms with Crippen molar-refractivity contribution >= 4 is 35.1 Å². The van der Waals surface area contributed by atoms with E-state index in [1.807, 2.05) is 66.7 Å². The standard InChI is InChI=1S/C20H16Cl2N2O/c21-17-8-6-15(7-9-17)14-25-20-11-10-18(22)12-16(20)13-23-24-19-4-2-1-3-5-19/h1-13,24H,14H2. The summed E-state index contributed by atoms with van der Waals surface area (Å²) in [4.78, 5) is 0. The van der Waals surface area contributed by atoms with E-state index >= 15 is 0 Å². The molecule has 0 spiro atoms. The third-order valence-corrected chi connectivity index (χ3v) is 3.94. The van der Waals surface area contributed by atoms with Gasteiger partial charge in [0.05, 0.1) is 11.9 Å². The van der Waals surface area contributed by atoms with Crippen molar-refractivity contribution in [3.63, 3.8) is 0 Å². The van der Waals surface area contributed by atoms with Crippen LogP contribution in [-0.4, -0.2) is 6.21 Å². The van der Waals surface area contributed by atoms with Gasteiger partial charge in [0.2, 0.25) is 0 Å². The zero-order valence-electron chi connectivity index (χ0n) is 13.3. The number of hydrogen-bond donors (Lipinski definition) is 1. The molecule has 0 heterocycles. The fourth-order valence-electron chi connectivity index (χ4n) is 2.18. The summed E-state index contributed by atoms with van der Waals surface area (Å²) in [6, 6.07) is 22.7. The average molecular weight is 371 g/mol. The Morgan fingerprint density at radius 3 is 2.36 bits per heavy atom. The maximum atomic E-state index is 6.10. The molecule has 5 heteroatoms. The van der Waals surface area contributed by atoms with Gasteiger partial charge < -0.3 is 4.74 Å². The van der Waals surface area contributed by atoms with Crippen LogP contribution < -0.4 is 10.2 Å². The van der Waals surface area contributed by atoms with E-state index < -0.39 is 0 Å². The van der Waals surface area contributed by atoms with Crippen LogP contribution in [0.25, 0.3) is 0 Å². The van der Waals surface area contributed by atoms with Gasteiger partial charge in [0, 0.05) is 15.6 Å². The highest BCUT2D eigenvalue weighted by molar-refractivity contribution is 6.31. The van der Waals surface area contributed by atoms with E-state index in [-0.39, 0.29) is 0 Å². The highest BCUT2D eigenvalue weighted by atomic mass is 35.5. The molecule has 0 amide bonds. The molecule has 0 saturated heterocycles. The van der Waals surface area contributed by atoms with Gasteiger partial charge in [-0.2, -0.15) is 5.10 Å². The number of nitrogens with zero attached hydrogens (tertiary/aromatic N) is 1. The van der Waals surface area contributed by atoms with Crippen molar-refractivity contribution in [2.45, 2.75) is 6.61 Å². The number of para-hydroxylation sites is 1. The summed E-state index contributed by atoms with van der Waals surface area (Å²) in [5.74, 6) is 0.706. The third-order valence-electron chi connectivity index (χ3n) is 3.45. The van der Waals surface area contributed by atoms with Crippen molar-refractivity contribution in [1.29, 1.82) is 0 Å². The van der Waals surface area contributed by atoms with E-state index in [2.05, 4.69) is 10.5 Å². The van der Waals surface area contributed by atoms with Gasteiger partial charge in [0.25, 0.3) is 0 Å². The van der Waals surface area contributed by atoms with Gasteiger partial charge in [0.15, 0.2) is 0 Å². The van der Waals surface area contributed by atoms with Crippen molar-refractivity contribution in [2.75, 3.05) is 5.43 Å². The fourth-order valence-corrected chi connectivity index (χ4v) is 2.49. The molecule has 3 aromatic rings. The monoisotopic (exact) mass is 370 g/mol. The smallest absolute Gasteiger partial charge is 0.128 e. The van der Waals surface area contributed by atoms with Crippen LogP contribution in [0.5, 0.6) is 5.75 Å². The molecule has 3 rings (SSSR count). The molecule has 0 aliphatic rings. The topological polar surface area (TPSA) is 33.6 Å². The van der Waals surface area contributed by atoms with E-state index in [9.17, 15) is 0 Å². The Morgan fingerprint density at radius 2 is 1.60 bits per heavy atom. The number of hydrogen-bond acceptors (Lipinski definition) is 3. The first-order chi connectivity index (χ1) is 12.2. The predicted octanol–water partition coefficient (Wildman–Crippen LogP) is 6.02. The molecule has 0 aliphatic carbocycles. The SMILES string of the molecule is Clc1ccc(COc2ccc(Cl)cc2C=NNc2ccccc2)cc1. The maximum Gasteiger partial charge on any atom is 0.128 e. The molecule has 0 aliphatic heterocycles. The first kappa shape index (κ1) is 17.3. The normalized spacial score (nSPS) is 10.8. The molecule has 0 fully saturated rings. The lowest BCUT2D eigenvalue weighted by molar-refractivity contribution is 0.306. The first-order valence-corrected chi connectivity index (χ1v) is 8.47. The average Bonchev–Trinajstić information content (AvgIpc) is 2.63. The number of ether oxygens (including phenoxy) is 1. The molecule has 0 atom stereocenters. The van der Waals surface area contributed by atoms with E-state index in [0.717, 1.165) is 16.8 Å². The zero-order valence-corrected chi connectivity index (χ0v) is 14.8. The molecule has 0 aromatic heterocycles. The van der Waals surface area contributed by atoms with Gasteiger partial charge in [0.1, 0.15) is 12.4 Å². The van der Waals surface area contributed by atoms with Crippen LogP contribution in [0.1, 0.15) is 11.1 Å². The number of halogens is 2. The van der Waals surface area contributed by atoms with Gasteiger partial charge >= 0.3 is 0 Å². The number of hydrazone groups is 1. The van der Waals surface area contributed by atoms with E-state index in [1.165, 1.54) is 0 Å². The van der Waals surface area contributed by atoms with Crippen LogP contribution in [0.2, 0.25) is 10.0 Å². The molecule has 0 saturated carbocycles. The summed E-state index contributed by atoms with van der Waals surface area (Å²) in [5, 5.41) is 5.58. The fraction of sp³-hybridized carbons (Fsp3) is 0.0500. The minimum Gasteiger partial charge on any atom is -0.488 e. The van der Waals surface area contributed by atoms with Crippen LogP contribution in [-0.2, 0) is 6.61 Å². The molecule has 0 unspecified atom stereocenters. The van der Waals surface area contributed by atoms with Crippen molar-refractivity contribution in [2.24, 2.45) is 5.10 Å². The summed E-state index contributed by atoms with van der Waals surface area (Å²) in [5.41, 5.74) is 5.71. The zero-order chi connectivity index (χ0) is 17.5. The van der Waals surface area contributed by atoms with Crippen molar-refractivity contribution < 1.29 is 4.74 Å². The highest BCUT2D eigenvalue weighted by Gasteiger charge is 2.04. The van der Waals surface area contributed by atoms with Crippen LogP contribution in [0, 0.1) is 0 Å². The Balaban J connectivity index is 1.70. The molecule has 25 heavy (non-hydrogen) atoms. The number of rotatable bonds is 6. The molecular weight excluding hydrogens is 355 g/mol. The van der Waals surface area contributed by atoms with Crippen molar-refractivity contribution in [3.8, 4) is 5.75 Å². The van der Waals surface area contributed by atoms with Crippen LogP contribution in [0.15, 0.2) is 77.9 Å². The first-order valence-electron chi connectivity index (χ1n) is 7.71. The van der Waals surface area contributed by atoms with Gasteiger partial charge in [-0.15, -0.1) is 0 Å². The number of benzene rings is 3. The molecule has 126 valence electrons. The molecule has 3 aromatic carbocycles. The van der Waals surface area contributed by atoms with E-state index in [4.69, 9.17) is 27.9 Å². The quantitative estimate of drug-likeness (QED) is 0.425. The molecule has 0 bridgehead atoms. The summed E-state index contributed by atoms with van der Waals surface area (Å²) >= 11 is 12.0. The molecule has 3 nitrogen and oxygen atoms in total. The lowest BCUT2D eigenvalue weighted by atomic mass is 10.2. The minimum absolute atomic E-state index is 0.436. The second kappa shape index (κ2) is 8.56. The Hall–Kier alpha value is -2.49. The molecule has 0 radical (unpaired) electrons. The predicted molar refractivity (Wildman–Crippen MR) is 105 cm³/mol. The second-order valence-corrected chi connectivity index (χ2v) is 6.21. The van der Waals surface area contributed by atoms with E-state index in [1.54, 1.807) is 12.3 Å². The number of anilines is 1. The summed E-state index contributed by atoms with van der Waals surface area (Å²) < 4.78 is 5.90. The highest BCUT2D eigenvalue weighted by Crippen LogP contribution is 2.23. The van der Waals surface area contributed by atoms with Crippen LogP contribution in [0.3, 0.4) is 0 Å². The summed E-state index contributed by atoms with van der Waals surface area (Å²) in [6.07, 6.45) is 1.69. The van der Waals surface area contributed by atoms with Crippen molar-refractivity contribution in [3.05, 3.63) is 94.0 Å². The van der Waals surface area contributed by atoms with Crippen LogP contribution in [0.4, 0.5) is 5.69 Å². The lowest BCUT2D eigenvalue weighted by Gasteiger charge is -2.10. The Labute approximate surface area is 156 Å². The largest absolute Gasteiger partial charge is 0.488 e. The summed E-state index contributed by atoms with van der Waals surface area (Å²) in [7, 11) is 0. The minimum atomic E-state index is 0.436. The van der Waals surface area contributed by atoms with Crippen LogP contribution >= 0.6 is 23.2 Å². The Kier molecular flexibility index (Phi) is 5.94. The molecule has 1 N–H and O–H groups in total. The Bertz CT molecular complexity index is 849.